The topological polar surface area (TPSA) is 120 Å². The summed E-state index contributed by atoms with van der Waals surface area (Å²) in [6, 6.07) is 13.2. The van der Waals surface area contributed by atoms with Crippen molar-refractivity contribution in [3.8, 4) is 11.5 Å². The number of carbonyl (C=O) groups excluding carboxylic acids is 3. The molecule has 30 heavy (non-hydrogen) atoms. The predicted octanol–water partition coefficient (Wildman–Crippen LogP) is 0.958. The predicted molar refractivity (Wildman–Crippen MR) is 106 cm³/mol. The van der Waals surface area contributed by atoms with Crippen LogP contribution < -0.4 is 20.3 Å². The molecule has 1 aliphatic rings. The van der Waals surface area contributed by atoms with Crippen molar-refractivity contribution in [3.63, 3.8) is 0 Å². The Balaban J connectivity index is 1.47. The smallest absolute Gasteiger partial charge is 0.339 e. The molecule has 2 amide bonds. The Morgan fingerprint density at radius 3 is 2.53 bits per heavy atom. The van der Waals surface area contributed by atoms with Gasteiger partial charge in [0.15, 0.2) is 18.1 Å². The van der Waals surface area contributed by atoms with Crippen LogP contribution in [0.5, 0.6) is 11.5 Å². The van der Waals surface area contributed by atoms with Gasteiger partial charge in [-0.05, 0) is 24.3 Å². The fourth-order valence-corrected chi connectivity index (χ4v) is 3.53. The number of fused-ring (bicyclic) bond motifs is 1. The Kier molecular flexibility index (Phi) is 7.02. The molecule has 0 radical (unpaired) electrons. The van der Waals surface area contributed by atoms with Crippen LogP contribution >= 0.6 is 0 Å². The summed E-state index contributed by atoms with van der Waals surface area (Å²) in [6.45, 7) is 1.09. The monoisotopic (exact) mass is 432 g/mol. The Hall–Kier alpha value is -3.40. The van der Waals surface area contributed by atoms with Gasteiger partial charge in [-0.15, -0.1) is 0 Å². The second-order valence-electron chi connectivity index (χ2n) is 6.11. The molecule has 2 N–H and O–H groups in total. The standard InChI is InChI=1S/C20H20N2O7S/c1-2-30(26)17-10-6-3-7-13(17)20(25)28-12-18(23)21-22-19(24)16-11-27-14-8-4-5-9-15(14)29-16/h3-10,16H,2,11-12H2,1H3,(H,21,23)(H,22,24)/t16-,30+/m0/s1. The largest absolute Gasteiger partial charge is 0.485 e. The second kappa shape index (κ2) is 9.88. The van der Waals surface area contributed by atoms with Crippen LogP contribution in [0.4, 0.5) is 0 Å². The number of para-hydroxylation sites is 2. The van der Waals surface area contributed by atoms with Crippen molar-refractivity contribution in [1.29, 1.82) is 0 Å². The minimum Gasteiger partial charge on any atom is -0.485 e. The zero-order valence-corrected chi connectivity index (χ0v) is 16.9. The van der Waals surface area contributed by atoms with Crippen LogP contribution in [0.3, 0.4) is 0 Å². The molecule has 2 atom stereocenters. The van der Waals surface area contributed by atoms with Gasteiger partial charge in [-0.25, -0.2) is 4.79 Å². The Labute approximate surface area is 175 Å². The van der Waals surface area contributed by atoms with Crippen molar-refractivity contribution in [3.05, 3.63) is 54.1 Å². The maximum atomic E-state index is 12.2. The highest BCUT2D eigenvalue weighted by molar-refractivity contribution is 7.85. The van der Waals surface area contributed by atoms with Crippen LogP contribution in [0.15, 0.2) is 53.4 Å². The van der Waals surface area contributed by atoms with E-state index in [-0.39, 0.29) is 12.2 Å². The summed E-state index contributed by atoms with van der Waals surface area (Å²) in [5.41, 5.74) is 4.48. The van der Waals surface area contributed by atoms with E-state index < -0.39 is 41.3 Å². The van der Waals surface area contributed by atoms with Crippen molar-refractivity contribution in [2.75, 3.05) is 19.0 Å². The molecular formula is C20H20N2O7S. The van der Waals surface area contributed by atoms with Crippen LogP contribution in [0.2, 0.25) is 0 Å². The molecule has 0 spiro atoms. The molecule has 158 valence electrons. The molecule has 10 heteroatoms. The van der Waals surface area contributed by atoms with E-state index in [9.17, 15) is 18.6 Å². The van der Waals surface area contributed by atoms with Gasteiger partial charge in [0.2, 0.25) is 6.10 Å². The molecule has 2 aromatic carbocycles. The molecule has 0 unspecified atom stereocenters. The summed E-state index contributed by atoms with van der Waals surface area (Å²) in [5.74, 6) is -0.854. The van der Waals surface area contributed by atoms with Crippen LogP contribution in [-0.4, -0.2) is 47.1 Å². The lowest BCUT2D eigenvalue weighted by atomic mass is 10.2. The average molecular weight is 432 g/mol. The van der Waals surface area contributed by atoms with Gasteiger partial charge in [0.25, 0.3) is 11.8 Å². The number of ether oxygens (including phenoxy) is 3. The highest BCUT2D eigenvalue weighted by Crippen LogP contribution is 2.30. The fourth-order valence-electron chi connectivity index (χ4n) is 2.59. The van der Waals surface area contributed by atoms with Crippen LogP contribution in [0.25, 0.3) is 0 Å². The van der Waals surface area contributed by atoms with Gasteiger partial charge >= 0.3 is 5.97 Å². The highest BCUT2D eigenvalue weighted by atomic mass is 32.2. The first-order valence-corrected chi connectivity index (χ1v) is 10.4. The molecule has 3 rings (SSSR count). The van der Waals surface area contributed by atoms with Gasteiger partial charge in [-0.1, -0.05) is 31.2 Å². The molecule has 0 bridgehead atoms. The number of hydrazine groups is 1. The van der Waals surface area contributed by atoms with Crippen LogP contribution in [0.1, 0.15) is 17.3 Å². The molecule has 1 heterocycles. The maximum Gasteiger partial charge on any atom is 0.339 e. The molecule has 0 saturated heterocycles. The lowest BCUT2D eigenvalue weighted by Crippen LogP contribution is -2.51. The number of hydrogen-bond donors (Lipinski definition) is 2. The summed E-state index contributed by atoms with van der Waals surface area (Å²) in [7, 11) is -1.35. The third kappa shape index (κ3) is 5.15. The normalized spacial score (nSPS) is 15.6. The lowest BCUT2D eigenvalue weighted by Gasteiger charge is -2.25. The van der Waals surface area contributed by atoms with Gasteiger partial charge in [-0.2, -0.15) is 0 Å². The summed E-state index contributed by atoms with van der Waals surface area (Å²) in [4.78, 5) is 36.6. The van der Waals surface area contributed by atoms with Gasteiger partial charge in [0.05, 0.1) is 21.3 Å². The van der Waals surface area contributed by atoms with Crippen molar-refractivity contribution >= 4 is 28.6 Å². The second-order valence-corrected chi connectivity index (χ2v) is 7.82. The fraction of sp³-hybridized carbons (Fsp3) is 0.250. The Morgan fingerprint density at radius 1 is 1.07 bits per heavy atom. The van der Waals surface area contributed by atoms with Crippen LogP contribution in [-0.2, 0) is 25.1 Å². The van der Waals surface area contributed by atoms with Gasteiger partial charge in [0, 0.05) is 5.75 Å². The van der Waals surface area contributed by atoms with E-state index in [0.29, 0.717) is 22.1 Å². The van der Waals surface area contributed by atoms with E-state index in [1.807, 2.05) is 0 Å². The number of nitrogens with one attached hydrogen (secondary N) is 2. The van der Waals surface area contributed by atoms with Crippen molar-refractivity contribution in [2.24, 2.45) is 0 Å². The van der Waals surface area contributed by atoms with Gasteiger partial charge < -0.3 is 14.2 Å². The zero-order valence-electron chi connectivity index (χ0n) is 16.1. The van der Waals surface area contributed by atoms with Gasteiger partial charge in [-0.3, -0.25) is 24.6 Å². The number of carbonyl (C=O) groups is 3. The van der Waals surface area contributed by atoms with Crippen LogP contribution in [0, 0.1) is 0 Å². The molecule has 0 aromatic heterocycles. The van der Waals surface area contributed by atoms with E-state index >= 15 is 0 Å². The summed E-state index contributed by atoms with van der Waals surface area (Å²) in [6.07, 6.45) is -0.946. The molecule has 2 aromatic rings. The Bertz CT molecular complexity index is 979. The molecule has 9 nitrogen and oxygen atoms in total. The zero-order chi connectivity index (χ0) is 21.5. The first-order chi connectivity index (χ1) is 14.5. The quantitative estimate of drug-likeness (QED) is 0.515. The minimum atomic E-state index is -1.35. The van der Waals surface area contributed by atoms with E-state index in [0.717, 1.165) is 0 Å². The first-order valence-electron chi connectivity index (χ1n) is 9.11. The van der Waals surface area contributed by atoms with Crippen molar-refractivity contribution in [1.82, 2.24) is 10.9 Å². The minimum absolute atomic E-state index is 0.0148. The maximum absolute atomic E-state index is 12.2. The third-order valence-corrected chi connectivity index (χ3v) is 5.45. The summed E-state index contributed by atoms with van der Waals surface area (Å²) in [5, 5.41) is 0. The number of esters is 1. The van der Waals surface area contributed by atoms with E-state index in [4.69, 9.17) is 14.2 Å². The molecule has 0 saturated carbocycles. The number of rotatable bonds is 6. The van der Waals surface area contributed by atoms with Crippen molar-refractivity contribution < 1.29 is 32.8 Å². The van der Waals surface area contributed by atoms with E-state index in [1.54, 1.807) is 49.4 Å². The average Bonchev–Trinajstić information content (AvgIpc) is 2.80. The first kappa shape index (κ1) is 21.3. The number of amides is 2. The Morgan fingerprint density at radius 2 is 1.77 bits per heavy atom. The van der Waals surface area contributed by atoms with Crippen molar-refractivity contribution in [2.45, 2.75) is 17.9 Å². The lowest BCUT2D eigenvalue weighted by molar-refractivity contribution is -0.135. The number of hydrogen-bond acceptors (Lipinski definition) is 7. The molecule has 0 aliphatic carbocycles. The SMILES string of the molecule is CC[S@@](=O)c1ccccc1C(=O)OCC(=O)NNC(=O)[C@@H]1COc2ccccc2O1. The molecule has 0 fully saturated rings. The highest BCUT2D eigenvalue weighted by Gasteiger charge is 2.27. The molecule has 1 aliphatic heterocycles. The summed E-state index contributed by atoms with van der Waals surface area (Å²) < 4.78 is 28.0. The third-order valence-electron chi connectivity index (χ3n) is 4.07. The van der Waals surface area contributed by atoms with Gasteiger partial charge in [0.1, 0.15) is 6.61 Å². The molecular weight excluding hydrogens is 412 g/mol. The summed E-state index contributed by atoms with van der Waals surface area (Å²) >= 11 is 0. The van der Waals surface area contributed by atoms with E-state index in [2.05, 4.69) is 10.9 Å². The van der Waals surface area contributed by atoms with E-state index in [1.165, 1.54) is 6.07 Å². The number of benzene rings is 2.